The van der Waals surface area contributed by atoms with Gasteiger partial charge in [-0.05, 0) is 43.6 Å². The molecule has 6 heteroatoms. The first kappa shape index (κ1) is 15.8. The Morgan fingerprint density at radius 3 is 2.57 bits per heavy atom. The quantitative estimate of drug-likeness (QED) is 0.803. The van der Waals surface area contributed by atoms with Gasteiger partial charge in [-0.2, -0.15) is 13.2 Å². The van der Waals surface area contributed by atoms with Crippen molar-refractivity contribution in [1.82, 2.24) is 4.90 Å². The van der Waals surface area contributed by atoms with Gasteiger partial charge in [0, 0.05) is 6.54 Å². The zero-order valence-corrected chi connectivity index (χ0v) is 11.8. The number of rotatable bonds is 3. The van der Waals surface area contributed by atoms with Crippen LogP contribution in [-0.2, 0) is 11.3 Å². The van der Waals surface area contributed by atoms with Crippen molar-refractivity contribution in [2.24, 2.45) is 5.92 Å². The molecule has 0 saturated carbocycles. The normalized spacial score (nSPS) is 17.7. The summed E-state index contributed by atoms with van der Waals surface area (Å²) in [5.74, 6) is -1.59. The highest BCUT2D eigenvalue weighted by Gasteiger charge is 2.40. The van der Waals surface area contributed by atoms with Crippen LogP contribution in [0.25, 0.3) is 0 Å². The van der Waals surface area contributed by atoms with Crippen molar-refractivity contribution in [3.05, 3.63) is 35.4 Å². The Morgan fingerprint density at radius 1 is 1.33 bits per heavy atom. The maximum absolute atomic E-state index is 12.6. The maximum Gasteiger partial charge on any atom is 0.391 e. The van der Waals surface area contributed by atoms with Crippen LogP contribution in [0.2, 0.25) is 0 Å². The SMILES string of the molecule is COC(=O)c1cccc(CN2CCC(C(F)(F)F)CC2)c1. The Morgan fingerprint density at radius 2 is 2.00 bits per heavy atom. The van der Waals surface area contributed by atoms with E-state index in [0.29, 0.717) is 25.2 Å². The van der Waals surface area contributed by atoms with Crippen molar-refractivity contribution >= 4 is 5.97 Å². The molecule has 116 valence electrons. The van der Waals surface area contributed by atoms with Crippen LogP contribution < -0.4 is 0 Å². The first-order chi connectivity index (χ1) is 9.90. The molecule has 0 amide bonds. The molecule has 3 nitrogen and oxygen atoms in total. The van der Waals surface area contributed by atoms with E-state index < -0.39 is 18.1 Å². The number of ether oxygens (including phenoxy) is 1. The van der Waals surface area contributed by atoms with Gasteiger partial charge in [-0.1, -0.05) is 12.1 Å². The van der Waals surface area contributed by atoms with E-state index in [-0.39, 0.29) is 12.8 Å². The molecular formula is C15H18F3NO2. The zero-order valence-electron chi connectivity index (χ0n) is 11.8. The van der Waals surface area contributed by atoms with Crippen LogP contribution in [-0.4, -0.2) is 37.2 Å². The summed E-state index contributed by atoms with van der Waals surface area (Å²) in [5, 5.41) is 0. The fraction of sp³-hybridized carbons (Fsp3) is 0.533. The zero-order chi connectivity index (χ0) is 15.5. The minimum Gasteiger partial charge on any atom is -0.465 e. The van der Waals surface area contributed by atoms with Crippen LogP contribution >= 0.6 is 0 Å². The molecule has 0 bridgehead atoms. The minimum absolute atomic E-state index is 0.139. The monoisotopic (exact) mass is 301 g/mol. The van der Waals surface area contributed by atoms with E-state index in [1.54, 1.807) is 18.2 Å². The summed E-state index contributed by atoms with van der Waals surface area (Å²) in [6.07, 6.45) is -3.81. The van der Waals surface area contributed by atoms with E-state index in [2.05, 4.69) is 4.74 Å². The van der Waals surface area contributed by atoms with Crippen molar-refractivity contribution < 1.29 is 22.7 Å². The number of alkyl halides is 3. The number of benzene rings is 1. The first-order valence-electron chi connectivity index (χ1n) is 6.86. The van der Waals surface area contributed by atoms with Crippen LogP contribution in [0.3, 0.4) is 0 Å². The van der Waals surface area contributed by atoms with Gasteiger partial charge in [-0.3, -0.25) is 4.90 Å². The van der Waals surface area contributed by atoms with Crippen LogP contribution in [0.5, 0.6) is 0 Å². The van der Waals surface area contributed by atoms with E-state index in [1.165, 1.54) is 7.11 Å². The number of likely N-dealkylation sites (tertiary alicyclic amines) is 1. The third-order valence-corrected chi connectivity index (χ3v) is 3.80. The Kier molecular flexibility index (Phi) is 4.88. The molecule has 2 rings (SSSR count). The van der Waals surface area contributed by atoms with Crippen LogP contribution in [0.15, 0.2) is 24.3 Å². The molecule has 0 aliphatic carbocycles. The Balaban J connectivity index is 1.93. The van der Waals surface area contributed by atoms with E-state index in [9.17, 15) is 18.0 Å². The molecule has 0 radical (unpaired) electrons. The number of halogens is 3. The molecule has 0 unspecified atom stereocenters. The summed E-state index contributed by atoms with van der Waals surface area (Å²) in [5.41, 5.74) is 1.36. The number of esters is 1. The number of hydrogen-bond donors (Lipinski definition) is 0. The second-order valence-electron chi connectivity index (χ2n) is 5.28. The lowest BCUT2D eigenvalue weighted by Gasteiger charge is -2.32. The fourth-order valence-corrected chi connectivity index (χ4v) is 2.59. The number of piperidine rings is 1. The summed E-state index contributed by atoms with van der Waals surface area (Å²) < 4.78 is 42.5. The van der Waals surface area contributed by atoms with Gasteiger partial charge in [-0.25, -0.2) is 4.79 Å². The van der Waals surface area contributed by atoms with Crippen molar-refractivity contribution in [3.63, 3.8) is 0 Å². The summed E-state index contributed by atoms with van der Waals surface area (Å²) in [6, 6.07) is 7.00. The number of hydrogen-bond acceptors (Lipinski definition) is 3. The highest BCUT2D eigenvalue weighted by molar-refractivity contribution is 5.89. The molecule has 1 aliphatic heterocycles. The van der Waals surface area contributed by atoms with Crippen molar-refractivity contribution in [2.75, 3.05) is 20.2 Å². The molecule has 1 saturated heterocycles. The molecule has 21 heavy (non-hydrogen) atoms. The van der Waals surface area contributed by atoms with Gasteiger partial charge in [-0.15, -0.1) is 0 Å². The summed E-state index contributed by atoms with van der Waals surface area (Å²) in [6.45, 7) is 1.40. The summed E-state index contributed by atoms with van der Waals surface area (Å²) >= 11 is 0. The number of nitrogens with zero attached hydrogens (tertiary/aromatic N) is 1. The van der Waals surface area contributed by atoms with Crippen LogP contribution in [0, 0.1) is 5.92 Å². The topological polar surface area (TPSA) is 29.5 Å². The molecule has 0 atom stereocenters. The van der Waals surface area contributed by atoms with E-state index in [4.69, 9.17) is 0 Å². The molecule has 1 aromatic carbocycles. The predicted octanol–water partition coefficient (Wildman–Crippen LogP) is 3.25. The van der Waals surface area contributed by atoms with E-state index in [1.807, 2.05) is 11.0 Å². The van der Waals surface area contributed by atoms with Crippen LogP contribution in [0.1, 0.15) is 28.8 Å². The highest BCUT2D eigenvalue weighted by Crippen LogP contribution is 2.34. The molecule has 0 spiro atoms. The Hall–Kier alpha value is -1.56. The first-order valence-corrected chi connectivity index (χ1v) is 6.86. The Labute approximate surface area is 121 Å². The van der Waals surface area contributed by atoms with Crippen molar-refractivity contribution in [3.8, 4) is 0 Å². The van der Waals surface area contributed by atoms with Crippen molar-refractivity contribution in [1.29, 1.82) is 0 Å². The molecule has 1 aromatic rings. The van der Waals surface area contributed by atoms with Crippen LogP contribution in [0.4, 0.5) is 13.2 Å². The third-order valence-electron chi connectivity index (χ3n) is 3.80. The molecule has 1 heterocycles. The molecule has 1 aliphatic rings. The largest absolute Gasteiger partial charge is 0.465 e. The minimum atomic E-state index is -4.09. The fourth-order valence-electron chi connectivity index (χ4n) is 2.59. The lowest BCUT2D eigenvalue weighted by atomic mass is 9.96. The number of carbonyl (C=O) groups is 1. The summed E-state index contributed by atoms with van der Waals surface area (Å²) in [4.78, 5) is 13.4. The smallest absolute Gasteiger partial charge is 0.391 e. The second-order valence-corrected chi connectivity index (χ2v) is 5.28. The average molecular weight is 301 g/mol. The second kappa shape index (κ2) is 6.47. The summed E-state index contributed by atoms with van der Waals surface area (Å²) in [7, 11) is 1.32. The third kappa shape index (κ3) is 4.20. The van der Waals surface area contributed by atoms with Gasteiger partial charge in [0.2, 0.25) is 0 Å². The van der Waals surface area contributed by atoms with Gasteiger partial charge in [0.15, 0.2) is 0 Å². The molecule has 1 fully saturated rings. The van der Waals surface area contributed by atoms with Gasteiger partial charge in [0.25, 0.3) is 0 Å². The Bertz CT molecular complexity index is 494. The lowest BCUT2D eigenvalue weighted by molar-refractivity contribution is -0.185. The standard InChI is InChI=1S/C15H18F3NO2/c1-21-14(20)12-4-2-3-11(9-12)10-19-7-5-13(6-8-19)15(16,17)18/h2-4,9,13H,5-8,10H2,1H3. The average Bonchev–Trinajstić information content (AvgIpc) is 2.46. The highest BCUT2D eigenvalue weighted by atomic mass is 19.4. The van der Waals surface area contributed by atoms with Gasteiger partial charge >= 0.3 is 12.1 Å². The lowest BCUT2D eigenvalue weighted by Crippen LogP contribution is -2.38. The van der Waals surface area contributed by atoms with Crippen molar-refractivity contribution in [2.45, 2.75) is 25.6 Å². The number of methoxy groups -OCH3 is 1. The predicted molar refractivity (Wildman–Crippen MR) is 71.8 cm³/mol. The van der Waals surface area contributed by atoms with E-state index in [0.717, 1.165) is 5.56 Å². The number of carbonyl (C=O) groups excluding carboxylic acids is 1. The molecular weight excluding hydrogens is 283 g/mol. The van der Waals surface area contributed by atoms with Gasteiger partial charge < -0.3 is 4.74 Å². The maximum atomic E-state index is 12.6. The molecule has 0 N–H and O–H groups in total. The molecule has 0 aromatic heterocycles. The van der Waals surface area contributed by atoms with Gasteiger partial charge in [0.05, 0.1) is 18.6 Å². The van der Waals surface area contributed by atoms with E-state index >= 15 is 0 Å². The van der Waals surface area contributed by atoms with Gasteiger partial charge in [0.1, 0.15) is 0 Å².